The van der Waals surface area contributed by atoms with Gasteiger partial charge in [0.1, 0.15) is 5.56 Å². The maximum Gasteiger partial charge on any atom is 0.341 e. The third-order valence-corrected chi connectivity index (χ3v) is 2.88. The van der Waals surface area contributed by atoms with E-state index in [1.807, 2.05) is 26.0 Å². The minimum absolute atomic E-state index is 0.202. The number of benzene rings is 1. The second kappa shape index (κ2) is 5.10. The molecule has 2 rings (SSSR count). The van der Waals surface area contributed by atoms with Gasteiger partial charge in [0.15, 0.2) is 0 Å². The predicted molar refractivity (Wildman–Crippen MR) is 72.7 cm³/mol. The monoisotopic (exact) mass is 257 g/mol. The van der Waals surface area contributed by atoms with Crippen LogP contribution in [0.5, 0.6) is 0 Å². The number of aromatic nitrogens is 1. The summed E-state index contributed by atoms with van der Waals surface area (Å²) >= 11 is 0. The number of nitrogens with zero attached hydrogens (tertiary/aromatic N) is 1. The Morgan fingerprint density at radius 1 is 1.21 bits per heavy atom. The Hall–Kier alpha value is -2.36. The van der Waals surface area contributed by atoms with Crippen molar-refractivity contribution in [2.24, 2.45) is 0 Å². The fourth-order valence-corrected chi connectivity index (χ4v) is 2.18. The van der Waals surface area contributed by atoms with Crippen molar-refractivity contribution in [3.05, 3.63) is 69.1 Å². The zero-order valence-electron chi connectivity index (χ0n) is 10.9. The Morgan fingerprint density at radius 2 is 1.84 bits per heavy atom. The van der Waals surface area contributed by atoms with Gasteiger partial charge in [-0.05, 0) is 31.5 Å². The van der Waals surface area contributed by atoms with Crippen molar-refractivity contribution >= 4 is 5.97 Å². The van der Waals surface area contributed by atoms with Gasteiger partial charge in [-0.15, -0.1) is 0 Å². The molecule has 0 saturated heterocycles. The van der Waals surface area contributed by atoms with E-state index in [4.69, 9.17) is 5.11 Å². The number of carbonyl (C=O) groups is 1. The van der Waals surface area contributed by atoms with Gasteiger partial charge in [0.25, 0.3) is 5.56 Å². The first-order valence-corrected chi connectivity index (χ1v) is 5.97. The molecule has 0 spiro atoms. The lowest BCUT2D eigenvalue weighted by Gasteiger charge is -2.08. The molecule has 0 aliphatic carbocycles. The molecular formula is C15H15NO3. The van der Waals surface area contributed by atoms with Crippen LogP contribution in [0.15, 0.2) is 41.3 Å². The van der Waals surface area contributed by atoms with Gasteiger partial charge >= 0.3 is 5.97 Å². The molecule has 2 aromatic rings. The van der Waals surface area contributed by atoms with Gasteiger partial charge in [-0.3, -0.25) is 4.79 Å². The number of carboxylic acids is 1. The van der Waals surface area contributed by atoms with Crippen molar-refractivity contribution in [1.82, 2.24) is 4.57 Å². The van der Waals surface area contributed by atoms with Gasteiger partial charge in [-0.2, -0.15) is 0 Å². The van der Waals surface area contributed by atoms with Crippen molar-refractivity contribution < 1.29 is 9.90 Å². The minimum atomic E-state index is -1.19. The topological polar surface area (TPSA) is 59.3 Å². The first-order chi connectivity index (χ1) is 8.97. The van der Waals surface area contributed by atoms with Gasteiger partial charge in [0, 0.05) is 6.20 Å². The van der Waals surface area contributed by atoms with Crippen LogP contribution in [0.2, 0.25) is 0 Å². The van der Waals surface area contributed by atoms with E-state index in [0.717, 1.165) is 16.7 Å². The molecule has 98 valence electrons. The molecule has 0 fully saturated rings. The van der Waals surface area contributed by atoms with E-state index in [0.29, 0.717) is 6.54 Å². The van der Waals surface area contributed by atoms with Crippen LogP contribution in [0.4, 0.5) is 0 Å². The normalized spacial score (nSPS) is 10.4. The van der Waals surface area contributed by atoms with Crippen LogP contribution in [0.3, 0.4) is 0 Å². The average Bonchev–Trinajstić information content (AvgIpc) is 2.30. The van der Waals surface area contributed by atoms with Crippen LogP contribution in [-0.4, -0.2) is 15.6 Å². The third-order valence-electron chi connectivity index (χ3n) is 2.88. The largest absolute Gasteiger partial charge is 0.477 e. The first-order valence-electron chi connectivity index (χ1n) is 5.97. The van der Waals surface area contributed by atoms with Crippen LogP contribution in [0.25, 0.3) is 0 Å². The van der Waals surface area contributed by atoms with E-state index in [1.165, 1.54) is 10.6 Å². The molecule has 19 heavy (non-hydrogen) atoms. The van der Waals surface area contributed by atoms with E-state index in [2.05, 4.69) is 6.07 Å². The first kappa shape index (κ1) is 13.1. The highest BCUT2D eigenvalue weighted by molar-refractivity contribution is 5.86. The van der Waals surface area contributed by atoms with Gasteiger partial charge in [0.05, 0.1) is 6.54 Å². The number of hydrogen-bond donors (Lipinski definition) is 1. The second-order valence-electron chi connectivity index (χ2n) is 4.66. The molecule has 0 unspecified atom stereocenters. The summed E-state index contributed by atoms with van der Waals surface area (Å²) in [5, 5.41) is 8.93. The van der Waals surface area contributed by atoms with Gasteiger partial charge in [0.2, 0.25) is 0 Å². The Kier molecular flexibility index (Phi) is 3.51. The van der Waals surface area contributed by atoms with Crippen molar-refractivity contribution in [1.29, 1.82) is 0 Å². The zero-order valence-corrected chi connectivity index (χ0v) is 10.9. The molecule has 0 aliphatic heterocycles. The summed E-state index contributed by atoms with van der Waals surface area (Å²) in [7, 11) is 0. The smallest absolute Gasteiger partial charge is 0.341 e. The average molecular weight is 257 g/mol. The highest BCUT2D eigenvalue weighted by Crippen LogP contribution is 2.09. The molecule has 1 heterocycles. The van der Waals surface area contributed by atoms with Crippen molar-refractivity contribution in [2.45, 2.75) is 20.4 Å². The van der Waals surface area contributed by atoms with Crippen LogP contribution < -0.4 is 5.56 Å². The van der Waals surface area contributed by atoms with E-state index < -0.39 is 11.5 Å². The molecule has 0 radical (unpaired) electrons. The number of pyridine rings is 1. The summed E-state index contributed by atoms with van der Waals surface area (Å²) in [5.74, 6) is -1.19. The molecule has 4 nitrogen and oxygen atoms in total. The molecule has 1 N–H and O–H groups in total. The van der Waals surface area contributed by atoms with Crippen LogP contribution in [0.1, 0.15) is 27.0 Å². The van der Waals surface area contributed by atoms with Gasteiger partial charge < -0.3 is 9.67 Å². The molecule has 0 aliphatic rings. The second-order valence-corrected chi connectivity index (χ2v) is 4.66. The van der Waals surface area contributed by atoms with E-state index in [-0.39, 0.29) is 5.56 Å². The van der Waals surface area contributed by atoms with Crippen LogP contribution in [-0.2, 0) is 6.54 Å². The van der Waals surface area contributed by atoms with Crippen molar-refractivity contribution in [3.63, 3.8) is 0 Å². The number of carboxylic acid groups (broad SMARTS) is 1. The van der Waals surface area contributed by atoms with Gasteiger partial charge in [-0.1, -0.05) is 29.3 Å². The molecular weight excluding hydrogens is 242 g/mol. The van der Waals surface area contributed by atoms with E-state index in [1.54, 1.807) is 12.3 Å². The molecule has 1 aromatic heterocycles. The summed E-state index contributed by atoms with van der Waals surface area (Å²) in [6.45, 7) is 4.36. The lowest BCUT2D eigenvalue weighted by molar-refractivity contribution is 0.0694. The number of aryl methyl sites for hydroxylation is 2. The zero-order chi connectivity index (χ0) is 14.0. The predicted octanol–water partition coefficient (Wildman–Crippen LogP) is 2.21. The SMILES string of the molecule is Cc1cc(C)cc(Cn2cccc(C(=O)O)c2=O)c1. The lowest BCUT2D eigenvalue weighted by atomic mass is 10.1. The highest BCUT2D eigenvalue weighted by atomic mass is 16.4. The summed E-state index contributed by atoms with van der Waals surface area (Å²) in [5.41, 5.74) is 2.55. The maximum absolute atomic E-state index is 12.0. The Morgan fingerprint density at radius 3 is 2.42 bits per heavy atom. The van der Waals surface area contributed by atoms with E-state index >= 15 is 0 Å². The quantitative estimate of drug-likeness (QED) is 0.917. The van der Waals surface area contributed by atoms with Crippen LogP contribution >= 0.6 is 0 Å². The third kappa shape index (κ3) is 2.91. The Balaban J connectivity index is 2.41. The Labute approximate surface area is 110 Å². The molecule has 0 bridgehead atoms. The van der Waals surface area contributed by atoms with Crippen molar-refractivity contribution in [2.75, 3.05) is 0 Å². The molecule has 0 amide bonds. The van der Waals surface area contributed by atoms with Crippen LogP contribution in [0, 0.1) is 13.8 Å². The maximum atomic E-state index is 12.0. The lowest BCUT2D eigenvalue weighted by Crippen LogP contribution is -2.26. The summed E-state index contributed by atoms with van der Waals surface area (Å²) in [6, 6.07) is 8.94. The molecule has 0 saturated carbocycles. The number of aromatic carboxylic acids is 1. The Bertz CT molecular complexity index is 666. The van der Waals surface area contributed by atoms with E-state index in [9.17, 15) is 9.59 Å². The summed E-state index contributed by atoms with van der Waals surface area (Å²) in [4.78, 5) is 22.9. The number of rotatable bonds is 3. The standard InChI is InChI=1S/C15H15NO3/c1-10-6-11(2)8-12(7-10)9-16-5-3-4-13(14(16)17)15(18)19/h3-8H,9H2,1-2H3,(H,18,19). The van der Waals surface area contributed by atoms with Crippen molar-refractivity contribution in [3.8, 4) is 0 Å². The fourth-order valence-electron chi connectivity index (χ4n) is 2.18. The molecule has 1 aromatic carbocycles. The fraction of sp³-hybridized carbons (Fsp3) is 0.200. The highest BCUT2D eigenvalue weighted by Gasteiger charge is 2.10. The molecule has 4 heteroatoms. The summed E-state index contributed by atoms with van der Waals surface area (Å²) in [6.07, 6.45) is 1.60. The number of hydrogen-bond acceptors (Lipinski definition) is 2. The van der Waals surface area contributed by atoms with Gasteiger partial charge in [-0.25, -0.2) is 4.79 Å². The summed E-state index contributed by atoms with van der Waals surface area (Å²) < 4.78 is 1.41. The molecule has 0 atom stereocenters. The minimum Gasteiger partial charge on any atom is -0.477 e.